The monoisotopic (exact) mass is 406 g/mol. The highest BCUT2D eigenvalue weighted by Gasteiger charge is 2.55. The van der Waals surface area contributed by atoms with Crippen molar-refractivity contribution >= 4 is 5.97 Å². The molecule has 5 heteroatoms. The van der Waals surface area contributed by atoms with Gasteiger partial charge in [-0.3, -0.25) is 4.79 Å². The summed E-state index contributed by atoms with van der Waals surface area (Å²) in [5.74, 6) is 1.81. The Morgan fingerprint density at radius 1 is 1.14 bits per heavy atom. The molecule has 0 N–H and O–H groups in total. The van der Waals surface area contributed by atoms with E-state index in [0.717, 1.165) is 25.7 Å². The zero-order valence-electron chi connectivity index (χ0n) is 19.1. The second kappa shape index (κ2) is 9.32. The Labute approximate surface area is 175 Å². The van der Waals surface area contributed by atoms with Gasteiger partial charge in [-0.2, -0.15) is 0 Å². The predicted octanol–water partition coefficient (Wildman–Crippen LogP) is 4.86. The summed E-state index contributed by atoms with van der Waals surface area (Å²) >= 11 is 0. The van der Waals surface area contributed by atoms with Crippen LogP contribution >= 0.6 is 0 Å². The first-order valence-corrected chi connectivity index (χ1v) is 11.0. The van der Waals surface area contributed by atoms with Gasteiger partial charge in [0.05, 0.1) is 0 Å². The molecule has 8 atom stereocenters. The standard InChI is InChI=1S/C24H38O5/c1-13(2)9-8-10-14(3)20-19(28-16(5)25)11-15(4)17-12-18(17)21-22(20)24(27-7)29-23(21)26-6/h9,14-15,17-20,23-24H,8,10-12H2,1-7H3/t14?,15-,17+,18+,19-,20-,23+,24-/m1/s1. The molecule has 29 heavy (non-hydrogen) atoms. The minimum absolute atomic E-state index is 0.0774. The first kappa shape index (κ1) is 22.5. The van der Waals surface area contributed by atoms with E-state index in [9.17, 15) is 4.79 Å². The van der Waals surface area contributed by atoms with Crippen LogP contribution in [-0.4, -0.2) is 38.9 Å². The summed E-state index contributed by atoms with van der Waals surface area (Å²) in [6.07, 6.45) is 5.43. The SMILES string of the molecule is CO[C@H]1O[C@@H](OC)C2=C1[C@H]1C[C@H]1[C@H](C)C[C@@H](OC(C)=O)[C@H]2C(C)CCC=C(C)C. The second-order valence-electron chi connectivity index (χ2n) is 9.41. The summed E-state index contributed by atoms with van der Waals surface area (Å²) in [6, 6.07) is 0. The van der Waals surface area contributed by atoms with E-state index in [1.165, 1.54) is 23.6 Å². The molecule has 164 valence electrons. The zero-order chi connectivity index (χ0) is 21.3. The molecule has 1 fully saturated rings. The number of fused-ring (bicyclic) bond motifs is 2. The highest BCUT2D eigenvalue weighted by atomic mass is 16.8. The minimum atomic E-state index is -0.432. The predicted molar refractivity (Wildman–Crippen MR) is 112 cm³/mol. The van der Waals surface area contributed by atoms with Gasteiger partial charge >= 0.3 is 5.97 Å². The molecule has 0 aromatic carbocycles. The van der Waals surface area contributed by atoms with Crippen LogP contribution in [0.1, 0.15) is 60.3 Å². The Hall–Kier alpha value is -1.17. The second-order valence-corrected chi connectivity index (χ2v) is 9.41. The van der Waals surface area contributed by atoms with Crippen LogP contribution in [0.5, 0.6) is 0 Å². The van der Waals surface area contributed by atoms with Crippen molar-refractivity contribution in [2.75, 3.05) is 14.2 Å². The van der Waals surface area contributed by atoms with Gasteiger partial charge in [0.15, 0.2) is 12.6 Å². The fourth-order valence-corrected chi connectivity index (χ4v) is 5.55. The summed E-state index contributed by atoms with van der Waals surface area (Å²) in [5, 5.41) is 0. The summed E-state index contributed by atoms with van der Waals surface area (Å²) in [6.45, 7) is 10.3. The quantitative estimate of drug-likeness (QED) is 0.446. The molecule has 3 aliphatic rings. The van der Waals surface area contributed by atoms with Crippen LogP contribution in [0, 0.1) is 29.6 Å². The molecule has 0 aromatic heterocycles. The smallest absolute Gasteiger partial charge is 0.302 e. The molecule has 1 saturated carbocycles. The van der Waals surface area contributed by atoms with E-state index in [1.807, 2.05) is 0 Å². The van der Waals surface area contributed by atoms with E-state index in [1.54, 1.807) is 14.2 Å². The molecule has 1 heterocycles. The molecule has 3 rings (SSSR count). The van der Waals surface area contributed by atoms with Crippen molar-refractivity contribution < 1.29 is 23.7 Å². The van der Waals surface area contributed by atoms with Crippen molar-refractivity contribution in [2.24, 2.45) is 29.6 Å². The van der Waals surface area contributed by atoms with Gasteiger partial charge in [0.1, 0.15) is 6.10 Å². The third kappa shape index (κ3) is 4.78. The van der Waals surface area contributed by atoms with Crippen molar-refractivity contribution in [3.63, 3.8) is 0 Å². The third-order valence-electron chi connectivity index (χ3n) is 6.96. The van der Waals surface area contributed by atoms with E-state index in [0.29, 0.717) is 23.7 Å². The summed E-state index contributed by atoms with van der Waals surface area (Å²) in [5.41, 5.74) is 3.76. The molecule has 0 radical (unpaired) electrons. The van der Waals surface area contributed by atoms with Gasteiger partial charge in [-0.05, 0) is 74.3 Å². The lowest BCUT2D eigenvalue weighted by molar-refractivity contribution is -0.184. The van der Waals surface area contributed by atoms with Crippen molar-refractivity contribution in [2.45, 2.75) is 79.0 Å². The maximum atomic E-state index is 12.0. The van der Waals surface area contributed by atoms with Crippen LogP contribution in [0.25, 0.3) is 0 Å². The van der Waals surface area contributed by atoms with Gasteiger partial charge in [-0.25, -0.2) is 0 Å². The average molecular weight is 407 g/mol. The number of ether oxygens (including phenoxy) is 4. The molecule has 0 aromatic rings. The lowest BCUT2D eigenvalue weighted by Crippen LogP contribution is -2.38. The Morgan fingerprint density at radius 3 is 2.38 bits per heavy atom. The van der Waals surface area contributed by atoms with Crippen molar-refractivity contribution in [3.05, 3.63) is 22.8 Å². The fourth-order valence-electron chi connectivity index (χ4n) is 5.55. The molecule has 1 unspecified atom stereocenters. The Balaban J connectivity index is 2.02. The Kier molecular flexibility index (Phi) is 7.23. The summed E-state index contributed by atoms with van der Waals surface area (Å²) in [4.78, 5) is 12.0. The molecule has 1 aliphatic heterocycles. The number of allylic oxidation sites excluding steroid dienone is 2. The van der Waals surface area contributed by atoms with Crippen molar-refractivity contribution in [1.82, 2.24) is 0 Å². The minimum Gasteiger partial charge on any atom is -0.462 e. The molecule has 0 saturated heterocycles. The first-order valence-electron chi connectivity index (χ1n) is 11.0. The summed E-state index contributed by atoms with van der Waals surface area (Å²) < 4.78 is 23.6. The van der Waals surface area contributed by atoms with Crippen LogP contribution in [-0.2, 0) is 23.7 Å². The Bertz CT molecular complexity index is 662. The molecule has 0 amide bonds. The lowest BCUT2D eigenvalue weighted by Gasteiger charge is -2.37. The fraction of sp³-hybridized carbons (Fsp3) is 0.792. The van der Waals surface area contributed by atoms with Crippen LogP contribution in [0.2, 0.25) is 0 Å². The molecule has 2 aliphatic carbocycles. The zero-order valence-corrected chi connectivity index (χ0v) is 19.1. The van der Waals surface area contributed by atoms with E-state index in [2.05, 4.69) is 33.8 Å². The first-order chi connectivity index (χ1) is 13.8. The van der Waals surface area contributed by atoms with Gasteiger partial charge in [-0.15, -0.1) is 0 Å². The Morgan fingerprint density at radius 2 is 1.79 bits per heavy atom. The maximum Gasteiger partial charge on any atom is 0.302 e. The number of hydrogen-bond acceptors (Lipinski definition) is 5. The van der Waals surface area contributed by atoms with Crippen LogP contribution in [0.4, 0.5) is 0 Å². The number of hydrogen-bond donors (Lipinski definition) is 0. The number of methoxy groups -OCH3 is 2. The van der Waals surface area contributed by atoms with Crippen LogP contribution < -0.4 is 0 Å². The summed E-state index contributed by atoms with van der Waals surface area (Å²) in [7, 11) is 3.38. The van der Waals surface area contributed by atoms with Gasteiger partial charge < -0.3 is 18.9 Å². The van der Waals surface area contributed by atoms with E-state index < -0.39 is 6.29 Å². The van der Waals surface area contributed by atoms with Gasteiger partial charge in [0, 0.05) is 27.1 Å². The topological polar surface area (TPSA) is 54.0 Å². The van der Waals surface area contributed by atoms with Gasteiger partial charge in [-0.1, -0.05) is 25.5 Å². The van der Waals surface area contributed by atoms with Crippen LogP contribution in [0.15, 0.2) is 22.8 Å². The number of esters is 1. The number of rotatable bonds is 7. The average Bonchev–Trinajstić information content (AvgIpc) is 3.34. The number of carbonyl (C=O) groups is 1. The highest BCUT2D eigenvalue weighted by molar-refractivity contribution is 5.66. The van der Waals surface area contributed by atoms with Crippen molar-refractivity contribution in [1.29, 1.82) is 0 Å². The third-order valence-corrected chi connectivity index (χ3v) is 6.96. The number of carbonyl (C=O) groups excluding carboxylic acids is 1. The van der Waals surface area contributed by atoms with E-state index in [-0.39, 0.29) is 24.3 Å². The highest BCUT2D eigenvalue weighted by Crippen LogP contribution is 2.58. The van der Waals surface area contributed by atoms with E-state index in [4.69, 9.17) is 18.9 Å². The van der Waals surface area contributed by atoms with Crippen molar-refractivity contribution in [3.8, 4) is 0 Å². The molecule has 5 nitrogen and oxygen atoms in total. The van der Waals surface area contributed by atoms with Crippen LogP contribution in [0.3, 0.4) is 0 Å². The van der Waals surface area contributed by atoms with E-state index >= 15 is 0 Å². The normalized spacial score (nSPS) is 37.1. The molecular formula is C24H38O5. The maximum absolute atomic E-state index is 12.0. The molecular weight excluding hydrogens is 368 g/mol. The lowest BCUT2D eigenvalue weighted by atomic mass is 9.73. The van der Waals surface area contributed by atoms with Gasteiger partial charge in [0.2, 0.25) is 0 Å². The molecule has 0 bridgehead atoms. The molecule has 0 spiro atoms. The largest absolute Gasteiger partial charge is 0.462 e. The van der Waals surface area contributed by atoms with Gasteiger partial charge in [0.25, 0.3) is 0 Å².